The molecule has 1 atom stereocenters. The molecule has 0 bridgehead atoms. The molecule has 0 aliphatic rings. The van der Waals surface area contributed by atoms with E-state index >= 15 is 0 Å². The Balaban J connectivity index is 2.21. The van der Waals surface area contributed by atoms with E-state index in [1.807, 2.05) is 6.92 Å². The molecule has 2 rings (SSSR count). The Labute approximate surface area is 141 Å². The number of rotatable bonds is 5. The normalized spacial score (nSPS) is 12.5. The van der Waals surface area contributed by atoms with Crippen molar-refractivity contribution in [3.63, 3.8) is 0 Å². The van der Waals surface area contributed by atoms with Crippen LogP contribution in [0.1, 0.15) is 33.2 Å². The number of hydrogen-bond acceptors (Lipinski definition) is 5. The van der Waals surface area contributed by atoms with Crippen LogP contribution in [-0.2, 0) is 14.6 Å². The largest absolute Gasteiger partial charge is 0.451 e. The van der Waals surface area contributed by atoms with Gasteiger partial charge in [0.1, 0.15) is 0 Å². The second kappa shape index (κ2) is 6.97. The van der Waals surface area contributed by atoms with Gasteiger partial charge in [0.2, 0.25) is 5.78 Å². The molecule has 5 nitrogen and oxygen atoms in total. The lowest BCUT2D eigenvalue weighted by atomic mass is 10.1. The summed E-state index contributed by atoms with van der Waals surface area (Å²) in [5.41, 5.74) is 1.36. The van der Waals surface area contributed by atoms with Crippen molar-refractivity contribution in [2.45, 2.75) is 24.8 Å². The lowest BCUT2D eigenvalue weighted by Crippen LogP contribution is -2.25. The number of Topliss-reactive ketones (excluding diaryl/α,β-unsaturated/α-hetero) is 1. The van der Waals surface area contributed by atoms with E-state index in [9.17, 15) is 18.0 Å². The van der Waals surface area contributed by atoms with Gasteiger partial charge in [0.15, 0.2) is 15.9 Å². The van der Waals surface area contributed by atoms with Gasteiger partial charge >= 0.3 is 5.97 Å². The van der Waals surface area contributed by atoms with E-state index in [1.54, 1.807) is 24.3 Å². The molecule has 0 unspecified atom stereocenters. The predicted octanol–water partition coefficient (Wildman–Crippen LogP) is 2.83. The van der Waals surface area contributed by atoms with Gasteiger partial charge in [0, 0.05) is 11.8 Å². The first-order valence-corrected chi connectivity index (χ1v) is 9.20. The molecule has 126 valence electrons. The van der Waals surface area contributed by atoms with Crippen molar-refractivity contribution in [3.05, 3.63) is 65.2 Å². The zero-order valence-electron chi connectivity index (χ0n) is 13.6. The van der Waals surface area contributed by atoms with Crippen LogP contribution in [0, 0.1) is 6.92 Å². The quantitative estimate of drug-likeness (QED) is 0.614. The average molecular weight is 346 g/mol. The molecule has 0 aliphatic carbocycles. The highest BCUT2D eigenvalue weighted by molar-refractivity contribution is 7.90. The Kier molecular flexibility index (Phi) is 5.19. The first-order valence-electron chi connectivity index (χ1n) is 7.31. The molecule has 0 aromatic heterocycles. The number of aryl methyl sites for hydroxylation is 1. The molecule has 2 aromatic carbocycles. The van der Waals surface area contributed by atoms with Crippen LogP contribution in [0.5, 0.6) is 0 Å². The fourth-order valence-corrected chi connectivity index (χ4v) is 3.07. The van der Waals surface area contributed by atoms with Gasteiger partial charge in [-0.25, -0.2) is 13.2 Å². The number of hydrogen-bond donors (Lipinski definition) is 0. The first kappa shape index (κ1) is 17.9. The molecule has 0 saturated carbocycles. The molecule has 0 fully saturated rings. The maximum Gasteiger partial charge on any atom is 0.340 e. The van der Waals surface area contributed by atoms with E-state index in [4.69, 9.17) is 4.74 Å². The first-order chi connectivity index (χ1) is 11.2. The second-order valence-electron chi connectivity index (χ2n) is 5.55. The van der Waals surface area contributed by atoms with E-state index in [-0.39, 0.29) is 16.2 Å². The number of benzene rings is 2. The number of ether oxygens (including phenoxy) is 1. The van der Waals surface area contributed by atoms with Gasteiger partial charge in [-0.1, -0.05) is 42.0 Å². The zero-order chi connectivity index (χ0) is 17.9. The lowest BCUT2D eigenvalue weighted by molar-refractivity contribution is 0.0315. The maximum atomic E-state index is 12.3. The van der Waals surface area contributed by atoms with Gasteiger partial charge in [0.05, 0.1) is 10.5 Å². The minimum Gasteiger partial charge on any atom is -0.451 e. The lowest BCUT2D eigenvalue weighted by Gasteiger charge is -2.14. The van der Waals surface area contributed by atoms with E-state index < -0.39 is 21.9 Å². The van der Waals surface area contributed by atoms with Crippen LogP contribution in [0.25, 0.3) is 0 Å². The maximum absolute atomic E-state index is 12.3. The molecule has 0 spiro atoms. The predicted molar refractivity (Wildman–Crippen MR) is 89.9 cm³/mol. The summed E-state index contributed by atoms with van der Waals surface area (Å²) in [6.45, 7) is 3.36. The summed E-state index contributed by atoms with van der Waals surface area (Å²) in [5.74, 6) is -1.19. The Morgan fingerprint density at radius 3 is 2.17 bits per heavy atom. The Hall–Kier alpha value is -2.47. The SMILES string of the molecule is Cc1ccc(C(=O)[C@@H](C)OC(=O)c2ccccc2S(C)(=O)=O)cc1. The minimum absolute atomic E-state index is 0.0800. The van der Waals surface area contributed by atoms with Crippen molar-refractivity contribution in [3.8, 4) is 0 Å². The second-order valence-corrected chi connectivity index (χ2v) is 7.53. The van der Waals surface area contributed by atoms with Crippen molar-refractivity contribution < 1.29 is 22.7 Å². The summed E-state index contributed by atoms with van der Waals surface area (Å²) < 4.78 is 28.7. The molecular formula is C18H18O5S. The van der Waals surface area contributed by atoms with Crippen molar-refractivity contribution >= 4 is 21.6 Å². The molecule has 24 heavy (non-hydrogen) atoms. The number of ketones is 1. The monoisotopic (exact) mass is 346 g/mol. The molecule has 0 N–H and O–H groups in total. The Morgan fingerprint density at radius 1 is 1.00 bits per heavy atom. The Morgan fingerprint density at radius 2 is 1.58 bits per heavy atom. The highest BCUT2D eigenvalue weighted by Crippen LogP contribution is 2.18. The third-order valence-electron chi connectivity index (χ3n) is 3.50. The summed E-state index contributed by atoms with van der Waals surface area (Å²) in [7, 11) is -3.58. The third kappa shape index (κ3) is 4.08. The molecule has 2 aromatic rings. The van der Waals surface area contributed by atoms with Gasteiger partial charge in [-0.2, -0.15) is 0 Å². The molecule has 0 heterocycles. The number of esters is 1. The average Bonchev–Trinajstić information content (AvgIpc) is 2.54. The van der Waals surface area contributed by atoms with Crippen molar-refractivity contribution in [1.82, 2.24) is 0 Å². The molecule has 0 radical (unpaired) electrons. The number of sulfone groups is 1. The molecule has 0 saturated heterocycles. The summed E-state index contributed by atoms with van der Waals surface area (Å²) in [4.78, 5) is 24.5. The van der Waals surface area contributed by atoms with Crippen molar-refractivity contribution in [2.24, 2.45) is 0 Å². The van der Waals surface area contributed by atoms with Gasteiger partial charge in [-0.15, -0.1) is 0 Å². The van der Waals surface area contributed by atoms with E-state index in [2.05, 4.69) is 0 Å². The van der Waals surface area contributed by atoms with Crippen LogP contribution in [0.4, 0.5) is 0 Å². The number of carbonyl (C=O) groups is 2. The zero-order valence-corrected chi connectivity index (χ0v) is 14.5. The highest BCUT2D eigenvalue weighted by atomic mass is 32.2. The van der Waals surface area contributed by atoms with Crippen LogP contribution < -0.4 is 0 Å². The fraction of sp³-hybridized carbons (Fsp3) is 0.222. The van der Waals surface area contributed by atoms with Gasteiger partial charge in [-0.3, -0.25) is 4.79 Å². The summed E-state index contributed by atoms with van der Waals surface area (Å²) in [6.07, 6.45) is -0.00665. The molecule has 0 amide bonds. The van der Waals surface area contributed by atoms with Crippen LogP contribution in [0.2, 0.25) is 0 Å². The standard InChI is InChI=1S/C18H18O5S/c1-12-8-10-14(11-9-12)17(19)13(2)23-18(20)15-6-4-5-7-16(15)24(3,21)22/h4-11,13H,1-3H3/t13-/m1/s1. The summed E-state index contributed by atoms with van der Waals surface area (Å²) in [6, 6.07) is 12.7. The van der Waals surface area contributed by atoms with Crippen LogP contribution in [-0.4, -0.2) is 32.5 Å². The van der Waals surface area contributed by atoms with Crippen molar-refractivity contribution in [2.75, 3.05) is 6.26 Å². The van der Waals surface area contributed by atoms with E-state index in [0.717, 1.165) is 11.8 Å². The topological polar surface area (TPSA) is 77.5 Å². The minimum atomic E-state index is -3.58. The fourth-order valence-electron chi connectivity index (χ4n) is 2.19. The van der Waals surface area contributed by atoms with E-state index in [1.165, 1.54) is 31.2 Å². The van der Waals surface area contributed by atoms with E-state index in [0.29, 0.717) is 5.56 Å². The summed E-state index contributed by atoms with van der Waals surface area (Å²) >= 11 is 0. The van der Waals surface area contributed by atoms with Crippen molar-refractivity contribution in [1.29, 1.82) is 0 Å². The molecule has 6 heteroatoms. The Bertz CT molecular complexity index is 867. The number of carbonyl (C=O) groups excluding carboxylic acids is 2. The van der Waals surface area contributed by atoms with Crippen LogP contribution in [0.3, 0.4) is 0 Å². The van der Waals surface area contributed by atoms with Gasteiger partial charge in [-0.05, 0) is 26.0 Å². The van der Waals surface area contributed by atoms with Crippen LogP contribution >= 0.6 is 0 Å². The molecular weight excluding hydrogens is 328 g/mol. The summed E-state index contributed by atoms with van der Waals surface area (Å²) in [5, 5.41) is 0. The van der Waals surface area contributed by atoms with Gasteiger partial charge in [0.25, 0.3) is 0 Å². The smallest absolute Gasteiger partial charge is 0.340 e. The third-order valence-corrected chi connectivity index (χ3v) is 4.65. The van der Waals surface area contributed by atoms with Crippen LogP contribution in [0.15, 0.2) is 53.4 Å². The highest BCUT2D eigenvalue weighted by Gasteiger charge is 2.24. The van der Waals surface area contributed by atoms with Gasteiger partial charge < -0.3 is 4.74 Å². The molecule has 0 aliphatic heterocycles.